The topological polar surface area (TPSA) is 120 Å². The highest BCUT2D eigenvalue weighted by Gasteiger charge is 2.32. The van der Waals surface area contributed by atoms with Gasteiger partial charge in [-0.1, -0.05) is 103 Å². The van der Waals surface area contributed by atoms with Gasteiger partial charge in [0, 0.05) is 44.5 Å². The summed E-state index contributed by atoms with van der Waals surface area (Å²) in [6, 6.07) is 34.4. The van der Waals surface area contributed by atoms with Crippen molar-refractivity contribution in [3.8, 4) is 11.1 Å². The molecule has 1 saturated heterocycles. The number of aliphatic hydroxyl groups excluding tert-OH is 1. The van der Waals surface area contributed by atoms with E-state index in [1.807, 2.05) is 78.9 Å². The minimum Gasteiger partial charge on any atom is -0.392 e. The van der Waals surface area contributed by atoms with Crippen molar-refractivity contribution in [1.29, 1.82) is 0 Å². The van der Waals surface area contributed by atoms with Crippen LogP contribution in [0.4, 0.5) is 0 Å². The van der Waals surface area contributed by atoms with Crippen molar-refractivity contribution in [2.75, 3.05) is 13.6 Å². The number of amides is 2. The summed E-state index contributed by atoms with van der Waals surface area (Å²) in [6.45, 7) is 1.91. The summed E-state index contributed by atoms with van der Waals surface area (Å²) in [5, 5.41) is 21.1. The lowest BCUT2D eigenvalue weighted by Crippen LogP contribution is -2.37. The van der Waals surface area contributed by atoms with Crippen LogP contribution in [0.1, 0.15) is 65.9 Å². The van der Waals surface area contributed by atoms with Crippen LogP contribution in [-0.2, 0) is 38.8 Å². The van der Waals surface area contributed by atoms with E-state index in [0.717, 1.165) is 46.5 Å². The lowest BCUT2D eigenvalue weighted by Gasteiger charge is -2.38. The van der Waals surface area contributed by atoms with Crippen LogP contribution in [0.15, 0.2) is 103 Å². The number of aliphatic hydroxyl groups is 1. The Balaban J connectivity index is 1.28. The number of nitrogens with one attached hydrogen (secondary N) is 2. The molecule has 0 radical (unpaired) electrons. The lowest BCUT2D eigenvalue weighted by molar-refractivity contribution is -0.252. The van der Waals surface area contributed by atoms with E-state index in [1.165, 1.54) is 5.56 Å². The lowest BCUT2D eigenvalue weighted by atomic mass is 9.97. The van der Waals surface area contributed by atoms with E-state index in [-0.39, 0.29) is 37.6 Å². The summed E-state index contributed by atoms with van der Waals surface area (Å²) in [5.41, 5.74) is 8.64. The molecule has 1 aliphatic heterocycles. The summed E-state index contributed by atoms with van der Waals surface area (Å²) < 4.78 is 13.1. The van der Waals surface area contributed by atoms with Crippen LogP contribution in [0, 0.1) is 0 Å². The molecule has 1 fully saturated rings. The molecular formula is C38H43N3O6. The van der Waals surface area contributed by atoms with Crippen LogP contribution in [0.5, 0.6) is 0 Å². The van der Waals surface area contributed by atoms with Crippen LogP contribution >= 0.6 is 0 Å². The standard InChI is InChI=1S/C38H43N3O6/c1-41(24-27-8-3-2-4-9-27)25-33-22-35(30-16-14-28(26-42)15-17-30)47-38(46-33)31-20-18-29(19-21-31)34-11-6-5-10-32(34)23-39-36(43)12-7-13-37(44)40-45/h2-6,8-11,14-21,33,35,38,42,45H,7,12-13,22-26H2,1H3,(H,39,43)(H,40,44)/t33-,35+,38+/m0/s1. The summed E-state index contributed by atoms with van der Waals surface area (Å²) in [7, 11) is 2.11. The van der Waals surface area contributed by atoms with E-state index in [0.29, 0.717) is 19.4 Å². The maximum atomic E-state index is 12.4. The van der Waals surface area contributed by atoms with Crippen molar-refractivity contribution < 1.29 is 29.4 Å². The zero-order valence-corrected chi connectivity index (χ0v) is 26.7. The molecule has 1 aliphatic rings. The molecule has 4 aromatic carbocycles. The zero-order valence-electron chi connectivity index (χ0n) is 26.7. The fourth-order valence-corrected chi connectivity index (χ4v) is 5.86. The number of likely N-dealkylation sites (N-methyl/N-ethyl adjacent to an activating group) is 1. The highest BCUT2D eigenvalue weighted by molar-refractivity contribution is 5.78. The number of carbonyl (C=O) groups is 2. The second-order valence-electron chi connectivity index (χ2n) is 12.0. The first-order chi connectivity index (χ1) is 22.9. The van der Waals surface area contributed by atoms with Crippen LogP contribution in [0.3, 0.4) is 0 Å². The number of hydroxylamine groups is 1. The SMILES string of the molecule is CN(Cc1ccccc1)C[C@@H]1C[C@H](c2ccc(CO)cc2)O[C@H](c2ccc(-c3ccccc3CNC(=O)CCCC(=O)NO)cc2)O1. The van der Waals surface area contributed by atoms with E-state index < -0.39 is 12.2 Å². The Morgan fingerprint density at radius 3 is 2.21 bits per heavy atom. The Kier molecular flexibility index (Phi) is 12.3. The first kappa shape index (κ1) is 34.0. The molecule has 4 aromatic rings. The number of ether oxygens (including phenoxy) is 2. The zero-order chi connectivity index (χ0) is 33.0. The van der Waals surface area contributed by atoms with Crippen molar-refractivity contribution in [3.05, 3.63) is 131 Å². The Morgan fingerprint density at radius 2 is 1.49 bits per heavy atom. The Hall–Kier alpha value is -4.38. The molecule has 4 N–H and O–H groups in total. The Labute approximate surface area is 276 Å². The number of rotatable bonds is 14. The average molecular weight is 638 g/mol. The molecule has 0 aromatic heterocycles. The quantitative estimate of drug-likeness (QED) is 0.102. The van der Waals surface area contributed by atoms with Crippen LogP contribution in [-0.4, -0.2) is 46.7 Å². The molecule has 246 valence electrons. The predicted molar refractivity (Wildman–Crippen MR) is 179 cm³/mol. The Morgan fingerprint density at radius 1 is 0.809 bits per heavy atom. The molecule has 0 spiro atoms. The van der Waals surface area contributed by atoms with Gasteiger partial charge in [0.2, 0.25) is 11.8 Å². The van der Waals surface area contributed by atoms with E-state index >= 15 is 0 Å². The maximum Gasteiger partial charge on any atom is 0.243 e. The van der Waals surface area contributed by atoms with Gasteiger partial charge in [0.25, 0.3) is 0 Å². The summed E-state index contributed by atoms with van der Waals surface area (Å²) >= 11 is 0. The van der Waals surface area contributed by atoms with E-state index in [9.17, 15) is 14.7 Å². The average Bonchev–Trinajstić information content (AvgIpc) is 3.11. The molecule has 1 heterocycles. The van der Waals surface area contributed by atoms with Crippen molar-refractivity contribution in [3.63, 3.8) is 0 Å². The fraction of sp³-hybridized carbons (Fsp3) is 0.316. The number of nitrogens with zero attached hydrogens (tertiary/aromatic N) is 1. The first-order valence-corrected chi connectivity index (χ1v) is 16.0. The minimum absolute atomic E-state index is 0.00218. The van der Waals surface area contributed by atoms with E-state index in [4.69, 9.17) is 14.7 Å². The summed E-state index contributed by atoms with van der Waals surface area (Å²) in [5.74, 6) is -0.661. The molecule has 0 bridgehead atoms. The van der Waals surface area contributed by atoms with Gasteiger partial charge in [0.05, 0.1) is 18.8 Å². The molecular weight excluding hydrogens is 594 g/mol. The van der Waals surface area contributed by atoms with Crippen LogP contribution in [0.2, 0.25) is 0 Å². The first-order valence-electron chi connectivity index (χ1n) is 16.0. The predicted octanol–water partition coefficient (Wildman–Crippen LogP) is 5.82. The highest BCUT2D eigenvalue weighted by Crippen LogP contribution is 2.39. The van der Waals surface area contributed by atoms with E-state index in [2.05, 4.69) is 41.5 Å². The molecule has 47 heavy (non-hydrogen) atoms. The number of hydrogen-bond acceptors (Lipinski definition) is 7. The molecule has 3 atom stereocenters. The largest absolute Gasteiger partial charge is 0.392 e. The molecule has 0 aliphatic carbocycles. The molecule has 0 saturated carbocycles. The molecule has 9 heteroatoms. The fourth-order valence-electron chi connectivity index (χ4n) is 5.86. The van der Waals surface area contributed by atoms with Gasteiger partial charge in [-0.05, 0) is 46.8 Å². The van der Waals surface area contributed by atoms with Crippen molar-refractivity contribution in [2.45, 2.75) is 63.9 Å². The summed E-state index contributed by atoms with van der Waals surface area (Å²) in [4.78, 5) is 25.8. The third kappa shape index (κ3) is 9.81. The molecule has 5 rings (SSSR count). The number of benzene rings is 4. The van der Waals surface area contributed by atoms with Crippen LogP contribution < -0.4 is 10.8 Å². The van der Waals surface area contributed by atoms with Gasteiger partial charge in [-0.15, -0.1) is 0 Å². The minimum atomic E-state index is -0.558. The molecule has 9 nitrogen and oxygen atoms in total. The van der Waals surface area contributed by atoms with Gasteiger partial charge in [-0.3, -0.25) is 19.7 Å². The van der Waals surface area contributed by atoms with Gasteiger partial charge in [-0.2, -0.15) is 0 Å². The number of hydrogen-bond donors (Lipinski definition) is 4. The van der Waals surface area contributed by atoms with Crippen molar-refractivity contribution in [1.82, 2.24) is 15.7 Å². The van der Waals surface area contributed by atoms with E-state index in [1.54, 1.807) is 5.48 Å². The molecule has 2 amide bonds. The summed E-state index contributed by atoms with van der Waals surface area (Å²) in [6.07, 6.45) is 0.555. The molecule has 0 unspecified atom stereocenters. The smallest absolute Gasteiger partial charge is 0.243 e. The number of carbonyl (C=O) groups excluding carboxylic acids is 2. The second-order valence-corrected chi connectivity index (χ2v) is 12.0. The monoisotopic (exact) mass is 637 g/mol. The second kappa shape index (κ2) is 17.0. The third-order valence-corrected chi connectivity index (χ3v) is 8.35. The van der Waals surface area contributed by atoms with Crippen molar-refractivity contribution >= 4 is 11.8 Å². The Bertz CT molecular complexity index is 1580. The third-order valence-electron chi connectivity index (χ3n) is 8.35. The van der Waals surface area contributed by atoms with Gasteiger partial charge < -0.3 is 19.9 Å². The highest BCUT2D eigenvalue weighted by atomic mass is 16.7. The van der Waals surface area contributed by atoms with Gasteiger partial charge in [0.15, 0.2) is 6.29 Å². The van der Waals surface area contributed by atoms with Crippen LogP contribution in [0.25, 0.3) is 11.1 Å². The van der Waals surface area contributed by atoms with Crippen molar-refractivity contribution in [2.24, 2.45) is 0 Å². The normalized spacial score (nSPS) is 17.7. The van der Waals surface area contributed by atoms with Gasteiger partial charge in [-0.25, -0.2) is 5.48 Å². The van der Waals surface area contributed by atoms with Gasteiger partial charge >= 0.3 is 0 Å². The maximum absolute atomic E-state index is 12.4. The van der Waals surface area contributed by atoms with Gasteiger partial charge in [0.1, 0.15) is 0 Å².